The van der Waals surface area contributed by atoms with Crippen LogP contribution in [0.3, 0.4) is 0 Å². The SMILES string of the molecule is CCc1cc(OCc2ccc(-c3ccccc3)c(-c3nnnn3-c3ccc([N+](=O)[O-])cc3)c2)c2ccccc2n1. The number of para-hydroxylation sites is 1. The molecule has 0 amide bonds. The Morgan fingerprint density at radius 3 is 2.42 bits per heavy atom. The van der Waals surface area contributed by atoms with Gasteiger partial charge in [0.2, 0.25) is 0 Å². The molecule has 0 aliphatic carbocycles. The molecule has 0 spiro atoms. The van der Waals surface area contributed by atoms with Crippen molar-refractivity contribution < 1.29 is 9.66 Å². The number of nitro benzene ring substituents is 1. The van der Waals surface area contributed by atoms with E-state index in [9.17, 15) is 10.1 Å². The number of nitrogens with zero attached hydrogens (tertiary/aromatic N) is 6. The van der Waals surface area contributed by atoms with Crippen LogP contribution >= 0.6 is 0 Å². The highest BCUT2D eigenvalue weighted by atomic mass is 16.6. The van der Waals surface area contributed by atoms with E-state index < -0.39 is 4.92 Å². The lowest BCUT2D eigenvalue weighted by Crippen LogP contribution is -2.03. The van der Waals surface area contributed by atoms with Gasteiger partial charge < -0.3 is 4.74 Å². The summed E-state index contributed by atoms with van der Waals surface area (Å²) in [6, 6.07) is 32.2. The van der Waals surface area contributed by atoms with Crippen LogP contribution in [0.4, 0.5) is 5.69 Å². The zero-order valence-corrected chi connectivity index (χ0v) is 21.6. The molecule has 2 heterocycles. The second-order valence-electron chi connectivity index (χ2n) is 9.20. The maximum absolute atomic E-state index is 11.1. The Morgan fingerprint density at radius 2 is 1.65 bits per heavy atom. The van der Waals surface area contributed by atoms with E-state index >= 15 is 0 Å². The number of pyridine rings is 1. The highest BCUT2D eigenvalue weighted by molar-refractivity contribution is 5.85. The number of benzene rings is 4. The molecule has 0 radical (unpaired) electrons. The minimum absolute atomic E-state index is 0.00244. The molecule has 9 nitrogen and oxygen atoms in total. The molecule has 196 valence electrons. The van der Waals surface area contributed by atoms with Gasteiger partial charge in [-0.25, -0.2) is 0 Å². The van der Waals surface area contributed by atoms with Crippen LogP contribution in [0.25, 0.3) is 39.1 Å². The standard InChI is InChI=1S/C31H24N6O3/c1-2-23-19-30(27-10-6-7-11-29(27)32-23)40-20-21-12-17-26(22-8-4-3-5-9-22)28(18-21)31-33-34-35-36(31)24-13-15-25(16-14-24)37(38)39/h3-19H,2,20H2,1H3. The Kier molecular flexibility index (Phi) is 6.68. The molecule has 0 atom stereocenters. The molecule has 0 unspecified atom stereocenters. The number of aromatic nitrogens is 5. The van der Waals surface area contributed by atoms with Crippen molar-refractivity contribution in [2.45, 2.75) is 20.0 Å². The maximum atomic E-state index is 11.1. The number of hydrogen-bond donors (Lipinski definition) is 0. The average Bonchev–Trinajstić information content (AvgIpc) is 3.50. The van der Waals surface area contributed by atoms with E-state index in [2.05, 4.69) is 22.4 Å². The highest BCUT2D eigenvalue weighted by Gasteiger charge is 2.18. The van der Waals surface area contributed by atoms with Gasteiger partial charge in [0.1, 0.15) is 12.4 Å². The van der Waals surface area contributed by atoms with Crippen molar-refractivity contribution in [1.29, 1.82) is 0 Å². The van der Waals surface area contributed by atoms with Crippen molar-refractivity contribution in [2.24, 2.45) is 0 Å². The number of fused-ring (bicyclic) bond motifs is 1. The summed E-state index contributed by atoms with van der Waals surface area (Å²) in [6.45, 7) is 2.41. The molecule has 9 heteroatoms. The number of rotatable bonds is 8. The monoisotopic (exact) mass is 528 g/mol. The van der Waals surface area contributed by atoms with Crippen LogP contribution in [0, 0.1) is 10.1 Å². The fourth-order valence-electron chi connectivity index (χ4n) is 4.64. The van der Waals surface area contributed by atoms with E-state index in [-0.39, 0.29) is 5.69 Å². The lowest BCUT2D eigenvalue weighted by Gasteiger charge is -2.14. The molecule has 0 bridgehead atoms. The van der Waals surface area contributed by atoms with Crippen LogP contribution in [0.15, 0.2) is 103 Å². The topological polar surface area (TPSA) is 109 Å². The zero-order valence-electron chi connectivity index (χ0n) is 21.6. The summed E-state index contributed by atoms with van der Waals surface area (Å²) in [5.74, 6) is 1.30. The Bertz CT molecular complexity index is 1820. The smallest absolute Gasteiger partial charge is 0.269 e. The molecule has 0 saturated carbocycles. The normalized spacial score (nSPS) is 11.0. The molecule has 0 fully saturated rings. The molecule has 0 saturated heterocycles. The number of tetrazole rings is 1. The van der Waals surface area contributed by atoms with Gasteiger partial charge in [-0.3, -0.25) is 15.1 Å². The Hall–Kier alpha value is -5.44. The third kappa shape index (κ3) is 4.88. The molecule has 0 aliphatic rings. The second-order valence-corrected chi connectivity index (χ2v) is 9.20. The lowest BCUT2D eigenvalue weighted by atomic mass is 9.97. The Labute approximate surface area is 229 Å². The first-order valence-corrected chi connectivity index (χ1v) is 12.8. The second kappa shape index (κ2) is 10.7. The fourth-order valence-corrected chi connectivity index (χ4v) is 4.64. The molecule has 0 aliphatic heterocycles. The van der Waals surface area contributed by atoms with Gasteiger partial charge in [-0.15, -0.1) is 5.10 Å². The quantitative estimate of drug-likeness (QED) is 0.162. The fraction of sp³-hybridized carbons (Fsp3) is 0.0968. The van der Waals surface area contributed by atoms with E-state index in [0.717, 1.165) is 51.0 Å². The molecular formula is C31H24N6O3. The third-order valence-corrected chi connectivity index (χ3v) is 6.67. The Morgan fingerprint density at radius 1 is 0.875 bits per heavy atom. The van der Waals surface area contributed by atoms with Crippen LogP contribution in [-0.2, 0) is 13.0 Å². The van der Waals surface area contributed by atoms with E-state index in [1.54, 1.807) is 16.8 Å². The van der Waals surface area contributed by atoms with Gasteiger partial charge in [-0.05, 0) is 63.9 Å². The molecule has 4 aromatic carbocycles. The summed E-state index contributed by atoms with van der Waals surface area (Å²) in [7, 11) is 0. The van der Waals surface area contributed by atoms with E-state index in [4.69, 9.17) is 9.72 Å². The van der Waals surface area contributed by atoms with Gasteiger partial charge in [-0.1, -0.05) is 61.5 Å². The van der Waals surface area contributed by atoms with Crippen LogP contribution in [0.5, 0.6) is 5.75 Å². The van der Waals surface area contributed by atoms with Gasteiger partial charge in [0, 0.05) is 34.8 Å². The highest BCUT2D eigenvalue weighted by Crippen LogP contribution is 2.34. The molecule has 40 heavy (non-hydrogen) atoms. The maximum Gasteiger partial charge on any atom is 0.269 e. The van der Waals surface area contributed by atoms with Gasteiger partial charge in [0.25, 0.3) is 5.69 Å². The predicted octanol–water partition coefficient (Wildman–Crippen LogP) is 6.59. The molecular weight excluding hydrogens is 504 g/mol. The van der Waals surface area contributed by atoms with E-state index in [1.807, 2.05) is 78.9 Å². The molecule has 6 rings (SSSR count). The average molecular weight is 529 g/mol. The van der Waals surface area contributed by atoms with E-state index in [0.29, 0.717) is 18.1 Å². The summed E-state index contributed by atoms with van der Waals surface area (Å²) in [6.07, 6.45) is 0.808. The number of ether oxygens (including phenoxy) is 1. The van der Waals surface area contributed by atoms with Crippen molar-refractivity contribution in [2.75, 3.05) is 0 Å². The van der Waals surface area contributed by atoms with Gasteiger partial charge in [0.15, 0.2) is 5.82 Å². The molecule has 6 aromatic rings. The number of aryl methyl sites for hydroxylation is 1. The zero-order chi connectivity index (χ0) is 27.5. The summed E-state index contributed by atoms with van der Waals surface area (Å²) in [4.78, 5) is 15.4. The van der Waals surface area contributed by atoms with Crippen molar-refractivity contribution >= 4 is 16.6 Å². The van der Waals surface area contributed by atoms with Gasteiger partial charge >= 0.3 is 0 Å². The van der Waals surface area contributed by atoms with Crippen molar-refractivity contribution in [1.82, 2.24) is 25.2 Å². The summed E-state index contributed by atoms with van der Waals surface area (Å²) in [5, 5.41) is 24.6. The van der Waals surface area contributed by atoms with Crippen molar-refractivity contribution in [3.05, 3.63) is 124 Å². The minimum Gasteiger partial charge on any atom is -0.488 e. The van der Waals surface area contributed by atoms with Crippen LogP contribution in [0.1, 0.15) is 18.2 Å². The largest absolute Gasteiger partial charge is 0.488 e. The number of nitro groups is 1. The van der Waals surface area contributed by atoms with Crippen molar-refractivity contribution in [3.8, 4) is 34.0 Å². The molecule has 2 aromatic heterocycles. The first-order chi connectivity index (χ1) is 19.6. The van der Waals surface area contributed by atoms with Crippen LogP contribution in [0.2, 0.25) is 0 Å². The van der Waals surface area contributed by atoms with E-state index in [1.165, 1.54) is 12.1 Å². The summed E-state index contributed by atoms with van der Waals surface area (Å²) >= 11 is 0. The predicted molar refractivity (Wildman–Crippen MR) is 152 cm³/mol. The Balaban J connectivity index is 1.40. The van der Waals surface area contributed by atoms with Crippen LogP contribution < -0.4 is 4.74 Å². The third-order valence-electron chi connectivity index (χ3n) is 6.67. The summed E-state index contributed by atoms with van der Waals surface area (Å²) in [5.41, 5.74) is 6.19. The first-order valence-electron chi connectivity index (χ1n) is 12.8. The first kappa shape index (κ1) is 24.9. The minimum atomic E-state index is -0.434. The summed E-state index contributed by atoms with van der Waals surface area (Å²) < 4.78 is 7.94. The number of hydrogen-bond acceptors (Lipinski definition) is 7. The number of non-ortho nitro benzene ring substituents is 1. The molecule has 0 N–H and O–H groups in total. The van der Waals surface area contributed by atoms with Crippen molar-refractivity contribution in [3.63, 3.8) is 0 Å². The van der Waals surface area contributed by atoms with Gasteiger partial charge in [-0.2, -0.15) is 4.68 Å². The van der Waals surface area contributed by atoms with Gasteiger partial charge in [0.05, 0.1) is 16.1 Å². The van der Waals surface area contributed by atoms with Crippen LogP contribution in [-0.4, -0.2) is 30.1 Å². The lowest BCUT2D eigenvalue weighted by molar-refractivity contribution is -0.384.